The van der Waals surface area contributed by atoms with Gasteiger partial charge in [0.2, 0.25) is 0 Å². The number of nitrogens with zero attached hydrogens (tertiary/aromatic N) is 1. The van der Waals surface area contributed by atoms with Crippen LogP contribution in [0.3, 0.4) is 0 Å². The van der Waals surface area contributed by atoms with Crippen LogP contribution in [-0.2, 0) is 4.74 Å². The highest BCUT2D eigenvalue weighted by Gasteiger charge is 2.35. The van der Waals surface area contributed by atoms with Gasteiger partial charge >= 0.3 is 6.16 Å². The Balaban J connectivity index is 0.000000182. The molecule has 0 heterocycles. The number of hydrogen-bond acceptors (Lipinski definition) is 5. The van der Waals surface area contributed by atoms with Crippen LogP contribution in [0, 0.1) is 22.0 Å². The van der Waals surface area contributed by atoms with Crippen molar-refractivity contribution in [2.24, 2.45) is 11.8 Å². The van der Waals surface area contributed by atoms with Crippen molar-refractivity contribution in [3.63, 3.8) is 0 Å². The highest BCUT2D eigenvalue weighted by Crippen LogP contribution is 2.46. The van der Waals surface area contributed by atoms with Crippen LogP contribution < -0.4 is 4.74 Å². The van der Waals surface area contributed by atoms with Crippen LogP contribution in [0.15, 0.2) is 36.4 Å². The Labute approximate surface area is 135 Å². The number of benzene rings is 1. The quantitative estimate of drug-likeness (QED) is 0.264. The summed E-state index contributed by atoms with van der Waals surface area (Å²) in [6.07, 6.45) is 11.0. The first-order valence-electron chi connectivity index (χ1n) is 7.75. The lowest BCUT2D eigenvalue weighted by Gasteiger charge is -2.00. The smallest absolute Gasteiger partial charge is 0.437 e. The number of non-ortho nitro benzene ring substituents is 1. The third-order valence-electron chi connectivity index (χ3n) is 4.06. The van der Waals surface area contributed by atoms with Gasteiger partial charge in [-0.05, 0) is 56.1 Å². The second kappa shape index (κ2) is 8.31. The van der Waals surface area contributed by atoms with Gasteiger partial charge in [0.25, 0.3) is 5.69 Å². The zero-order chi connectivity index (χ0) is 16.7. The number of hydrogen-bond donors (Lipinski definition) is 0. The Hall–Kier alpha value is -2.37. The molecule has 6 nitrogen and oxygen atoms in total. The van der Waals surface area contributed by atoms with E-state index < -0.39 is 11.1 Å². The maximum absolute atomic E-state index is 10.6. The summed E-state index contributed by atoms with van der Waals surface area (Å²) in [5.41, 5.74) is -0.0674. The first kappa shape index (κ1) is 17.0. The van der Waals surface area contributed by atoms with Crippen molar-refractivity contribution in [2.75, 3.05) is 7.11 Å². The molecule has 1 saturated carbocycles. The highest BCUT2D eigenvalue weighted by atomic mass is 16.7. The Morgan fingerprint density at radius 2 is 1.70 bits per heavy atom. The van der Waals surface area contributed by atoms with E-state index in [9.17, 15) is 14.9 Å². The SMILES string of the molecule is C1=C/CCC2CC2CC/1.COC(=O)Oc1ccc([N+](=O)[O-])cc1. The lowest BCUT2D eigenvalue weighted by molar-refractivity contribution is -0.384. The molecular formula is C17H21NO5. The number of rotatable bonds is 2. The second-order valence-corrected chi connectivity index (χ2v) is 5.69. The van der Waals surface area contributed by atoms with Gasteiger partial charge in [0.1, 0.15) is 5.75 Å². The normalized spacial score (nSPS) is 23.0. The molecule has 1 fully saturated rings. The number of carbonyl (C=O) groups excluding carboxylic acids is 1. The van der Waals surface area contributed by atoms with Crippen molar-refractivity contribution in [3.05, 3.63) is 46.5 Å². The number of fused-ring (bicyclic) bond motifs is 1. The van der Waals surface area contributed by atoms with Gasteiger partial charge < -0.3 is 9.47 Å². The third-order valence-corrected chi connectivity index (χ3v) is 4.06. The summed E-state index contributed by atoms with van der Waals surface area (Å²) in [6.45, 7) is 0. The summed E-state index contributed by atoms with van der Waals surface area (Å²) in [7, 11) is 1.17. The number of methoxy groups -OCH3 is 1. The van der Waals surface area contributed by atoms with Crippen molar-refractivity contribution in [2.45, 2.75) is 32.1 Å². The molecule has 0 bridgehead atoms. The van der Waals surface area contributed by atoms with Crippen LogP contribution >= 0.6 is 0 Å². The Bertz CT molecular complexity index is 553. The molecule has 1 aromatic rings. The molecule has 0 N–H and O–H groups in total. The fourth-order valence-electron chi connectivity index (χ4n) is 2.65. The maximum atomic E-state index is 10.6. The van der Waals surface area contributed by atoms with Crippen molar-refractivity contribution in [1.82, 2.24) is 0 Å². The van der Waals surface area contributed by atoms with E-state index in [-0.39, 0.29) is 11.4 Å². The maximum Gasteiger partial charge on any atom is 0.513 e. The fourth-order valence-corrected chi connectivity index (χ4v) is 2.65. The van der Waals surface area contributed by atoms with Crippen molar-refractivity contribution >= 4 is 11.8 Å². The van der Waals surface area contributed by atoms with E-state index in [1.807, 2.05) is 0 Å². The largest absolute Gasteiger partial charge is 0.513 e. The van der Waals surface area contributed by atoms with Crippen LogP contribution in [0.5, 0.6) is 5.75 Å². The minimum atomic E-state index is -0.862. The van der Waals surface area contributed by atoms with Gasteiger partial charge in [0, 0.05) is 12.1 Å². The molecule has 124 valence electrons. The van der Waals surface area contributed by atoms with Gasteiger partial charge in [-0.1, -0.05) is 12.2 Å². The standard InChI is InChI=1S/C9H14.C8H7NO5/c1-2-4-6-9-7-8(9)5-3-1;1-13-8(10)14-7-4-2-6(3-5-7)9(11)12/h1-2,8-9H,3-7H2;2-5H,1H3/b2-1+;. The van der Waals surface area contributed by atoms with Crippen LogP contribution in [0.1, 0.15) is 32.1 Å². The van der Waals surface area contributed by atoms with E-state index in [2.05, 4.69) is 21.6 Å². The lowest BCUT2D eigenvalue weighted by atomic mass is 10.1. The summed E-state index contributed by atoms with van der Waals surface area (Å²) < 4.78 is 8.85. The van der Waals surface area contributed by atoms with E-state index >= 15 is 0 Å². The molecule has 0 aliphatic heterocycles. The zero-order valence-corrected chi connectivity index (χ0v) is 13.1. The number of allylic oxidation sites excluding steroid dienone is 2. The molecular weight excluding hydrogens is 298 g/mol. The van der Waals surface area contributed by atoms with Gasteiger partial charge in [0.15, 0.2) is 0 Å². The van der Waals surface area contributed by atoms with Crippen molar-refractivity contribution in [3.8, 4) is 5.75 Å². The number of nitro benzene ring substituents is 1. The molecule has 2 atom stereocenters. The lowest BCUT2D eigenvalue weighted by Crippen LogP contribution is -2.06. The van der Waals surface area contributed by atoms with Gasteiger partial charge in [-0.3, -0.25) is 10.1 Å². The molecule has 2 aliphatic carbocycles. The minimum absolute atomic E-state index is 0.0674. The van der Waals surface area contributed by atoms with E-state index in [1.165, 1.54) is 57.1 Å². The predicted octanol–water partition coefficient (Wildman–Crippen LogP) is 4.49. The van der Waals surface area contributed by atoms with E-state index in [0.717, 1.165) is 11.8 Å². The van der Waals surface area contributed by atoms with Crippen LogP contribution in [-0.4, -0.2) is 18.2 Å². The Morgan fingerprint density at radius 3 is 2.17 bits per heavy atom. The van der Waals surface area contributed by atoms with Gasteiger partial charge in [-0.2, -0.15) is 0 Å². The van der Waals surface area contributed by atoms with Crippen LogP contribution in [0.25, 0.3) is 0 Å². The Morgan fingerprint density at radius 1 is 1.13 bits per heavy atom. The van der Waals surface area contributed by atoms with Gasteiger partial charge in [-0.25, -0.2) is 4.79 Å². The number of nitro groups is 1. The first-order valence-corrected chi connectivity index (χ1v) is 7.75. The van der Waals surface area contributed by atoms with Crippen molar-refractivity contribution in [1.29, 1.82) is 0 Å². The predicted molar refractivity (Wildman–Crippen MR) is 85.3 cm³/mol. The molecule has 2 unspecified atom stereocenters. The van der Waals surface area contributed by atoms with Crippen LogP contribution in [0.2, 0.25) is 0 Å². The van der Waals surface area contributed by atoms with E-state index in [1.54, 1.807) is 6.42 Å². The fraction of sp³-hybridized carbons (Fsp3) is 0.471. The van der Waals surface area contributed by atoms with E-state index in [0.29, 0.717) is 0 Å². The molecule has 23 heavy (non-hydrogen) atoms. The second-order valence-electron chi connectivity index (χ2n) is 5.69. The molecule has 0 spiro atoms. The summed E-state index contributed by atoms with van der Waals surface area (Å²) in [6, 6.07) is 5.10. The number of ether oxygens (including phenoxy) is 2. The van der Waals surface area contributed by atoms with Crippen molar-refractivity contribution < 1.29 is 19.2 Å². The molecule has 0 aromatic heterocycles. The highest BCUT2D eigenvalue weighted by molar-refractivity contribution is 5.63. The average molecular weight is 319 g/mol. The molecule has 3 rings (SSSR count). The molecule has 1 aromatic carbocycles. The minimum Gasteiger partial charge on any atom is -0.437 e. The molecule has 6 heteroatoms. The summed E-state index contributed by atoms with van der Waals surface area (Å²) >= 11 is 0. The monoisotopic (exact) mass is 319 g/mol. The third kappa shape index (κ3) is 5.73. The zero-order valence-electron chi connectivity index (χ0n) is 13.1. The topological polar surface area (TPSA) is 78.7 Å². The molecule has 0 amide bonds. The average Bonchev–Trinajstić information content (AvgIpc) is 3.25. The van der Waals surface area contributed by atoms with Crippen LogP contribution in [0.4, 0.5) is 10.5 Å². The first-order chi connectivity index (χ1) is 11.1. The molecule has 0 radical (unpaired) electrons. The number of carbonyl (C=O) groups is 1. The Kier molecular flexibility index (Phi) is 6.14. The summed E-state index contributed by atoms with van der Waals surface area (Å²) in [5.74, 6) is 2.47. The summed E-state index contributed by atoms with van der Waals surface area (Å²) in [4.78, 5) is 20.3. The van der Waals surface area contributed by atoms with Gasteiger partial charge in [-0.15, -0.1) is 0 Å². The molecule has 2 aliphatic rings. The van der Waals surface area contributed by atoms with Gasteiger partial charge in [0.05, 0.1) is 12.0 Å². The molecule has 0 saturated heterocycles. The summed E-state index contributed by atoms with van der Waals surface area (Å²) in [5, 5.41) is 10.3. The van der Waals surface area contributed by atoms with E-state index in [4.69, 9.17) is 0 Å².